The molecule has 0 aliphatic heterocycles. The van der Waals surface area contributed by atoms with E-state index < -0.39 is 17.4 Å². The van der Waals surface area contributed by atoms with E-state index >= 15 is 0 Å². The van der Waals surface area contributed by atoms with Crippen LogP contribution in [0.5, 0.6) is 0 Å². The van der Waals surface area contributed by atoms with Crippen molar-refractivity contribution in [3.63, 3.8) is 0 Å². The van der Waals surface area contributed by atoms with E-state index in [0.29, 0.717) is 11.3 Å². The number of aliphatic carboxylic acids is 1. The molecule has 134 valence electrons. The summed E-state index contributed by atoms with van der Waals surface area (Å²) in [6.45, 7) is 5.35. The molecule has 2 heterocycles. The van der Waals surface area contributed by atoms with Crippen molar-refractivity contribution in [3.05, 3.63) is 59.2 Å². The molecule has 3 rings (SSSR count). The van der Waals surface area contributed by atoms with Crippen molar-refractivity contribution in [2.24, 2.45) is 0 Å². The van der Waals surface area contributed by atoms with Gasteiger partial charge in [0.25, 0.3) is 11.7 Å². The summed E-state index contributed by atoms with van der Waals surface area (Å²) < 4.78 is 1.46. The van der Waals surface area contributed by atoms with Crippen LogP contribution in [0, 0.1) is 13.8 Å². The molecule has 0 saturated carbocycles. The van der Waals surface area contributed by atoms with Gasteiger partial charge in [0.1, 0.15) is 0 Å². The van der Waals surface area contributed by atoms with Crippen molar-refractivity contribution < 1.29 is 14.7 Å². The Morgan fingerprint density at radius 3 is 2.50 bits per heavy atom. The first-order valence-electron chi connectivity index (χ1n) is 8.20. The standard InChI is InChI=1S/C18H19N5O3/c1-4-18(16(25)26,13-8-6-5-7-9-13)21-15(24)14-20-17-19-11(2)10-12(3)23(17)22-14/h5-10H,4H2,1-3H3,(H,21,24)(H,25,26). The number of fused-ring (bicyclic) bond motifs is 1. The van der Waals surface area contributed by atoms with Gasteiger partial charge in [0.05, 0.1) is 0 Å². The van der Waals surface area contributed by atoms with Gasteiger partial charge in [0, 0.05) is 11.4 Å². The molecule has 1 amide bonds. The van der Waals surface area contributed by atoms with Crippen LogP contribution in [0.15, 0.2) is 36.4 Å². The number of hydrogen-bond acceptors (Lipinski definition) is 5. The third-order valence-corrected chi connectivity index (χ3v) is 4.31. The van der Waals surface area contributed by atoms with Gasteiger partial charge >= 0.3 is 5.97 Å². The number of carbonyl (C=O) groups is 2. The van der Waals surface area contributed by atoms with Crippen LogP contribution in [0.25, 0.3) is 5.78 Å². The fraction of sp³-hybridized carbons (Fsp3) is 0.278. The van der Waals surface area contributed by atoms with Gasteiger partial charge in [-0.1, -0.05) is 37.3 Å². The monoisotopic (exact) mass is 353 g/mol. The minimum atomic E-state index is -1.56. The first kappa shape index (κ1) is 17.5. The maximum absolute atomic E-state index is 12.7. The van der Waals surface area contributed by atoms with E-state index in [-0.39, 0.29) is 12.2 Å². The molecule has 8 nitrogen and oxygen atoms in total. The number of aryl methyl sites for hydroxylation is 2. The molecule has 0 aliphatic carbocycles. The Kier molecular flexibility index (Phi) is 4.41. The maximum atomic E-state index is 12.7. The number of amides is 1. The zero-order valence-electron chi connectivity index (χ0n) is 14.7. The topological polar surface area (TPSA) is 109 Å². The Morgan fingerprint density at radius 2 is 1.88 bits per heavy atom. The summed E-state index contributed by atoms with van der Waals surface area (Å²) >= 11 is 0. The number of hydrogen-bond donors (Lipinski definition) is 2. The third-order valence-electron chi connectivity index (χ3n) is 4.31. The molecular formula is C18H19N5O3. The molecule has 2 aromatic heterocycles. The smallest absolute Gasteiger partial charge is 0.334 e. The highest BCUT2D eigenvalue weighted by Gasteiger charge is 2.41. The van der Waals surface area contributed by atoms with Crippen LogP contribution in [0.1, 0.15) is 40.9 Å². The number of nitrogens with zero attached hydrogens (tertiary/aromatic N) is 4. The first-order valence-corrected chi connectivity index (χ1v) is 8.20. The number of carboxylic acids is 1. The highest BCUT2D eigenvalue weighted by Crippen LogP contribution is 2.26. The average molecular weight is 353 g/mol. The predicted octanol–water partition coefficient (Wildman–Crippen LogP) is 1.86. The SMILES string of the molecule is CCC(NC(=O)c1nc2nc(C)cc(C)n2n1)(C(=O)O)c1ccccc1. The summed E-state index contributed by atoms with van der Waals surface area (Å²) in [5, 5.41) is 16.6. The summed E-state index contributed by atoms with van der Waals surface area (Å²) in [4.78, 5) is 33.1. The largest absolute Gasteiger partial charge is 0.479 e. The molecule has 1 aromatic carbocycles. The van der Waals surface area contributed by atoms with Crippen molar-refractivity contribution in [2.45, 2.75) is 32.7 Å². The molecule has 8 heteroatoms. The fourth-order valence-corrected chi connectivity index (χ4v) is 2.93. The second-order valence-corrected chi connectivity index (χ2v) is 6.07. The zero-order chi connectivity index (χ0) is 18.9. The van der Waals surface area contributed by atoms with Gasteiger partial charge in [-0.2, -0.15) is 4.98 Å². The van der Waals surface area contributed by atoms with Gasteiger partial charge in [0.2, 0.25) is 5.82 Å². The minimum absolute atomic E-state index is 0.124. The van der Waals surface area contributed by atoms with Gasteiger partial charge in [-0.15, -0.1) is 5.10 Å². The van der Waals surface area contributed by atoms with E-state index in [9.17, 15) is 14.7 Å². The number of benzene rings is 1. The lowest BCUT2D eigenvalue weighted by Gasteiger charge is -2.29. The molecule has 0 spiro atoms. The Bertz CT molecular complexity index is 983. The fourth-order valence-electron chi connectivity index (χ4n) is 2.93. The van der Waals surface area contributed by atoms with Crippen LogP contribution in [-0.2, 0) is 10.3 Å². The van der Waals surface area contributed by atoms with Crippen LogP contribution in [0.4, 0.5) is 0 Å². The third kappa shape index (κ3) is 2.90. The van der Waals surface area contributed by atoms with Crippen LogP contribution in [0.2, 0.25) is 0 Å². The summed E-state index contributed by atoms with van der Waals surface area (Å²) in [6.07, 6.45) is 0.168. The van der Waals surface area contributed by atoms with Crippen molar-refractivity contribution in [2.75, 3.05) is 0 Å². The molecule has 0 bridgehead atoms. The first-order chi connectivity index (χ1) is 12.4. The van der Waals surface area contributed by atoms with Gasteiger partial charge in [0.15, 0.2) is 5.54 Å². The van der Waals surface area contributed by atoms with Gasteiger partial charge in [-0.25, -0.2) is 14.3 Å². The average Bonchev–Trinajstić information content (AvgIpc) is 3.04. The minimum Gasteiger partial charge on any atom is -0.479 e. The molecule has 3 aromatic rings. The second kappa shape index (κ2) is 6.55. The molecule has 2 N–H and O–H groups in total. The number of nitrogens with one attached hydrogen (secondary N) is 1. The lowest BCUT2D eigenvalue weighted by Crippen LogP contribution is -2.51. The Morgan fingerprint density at radius 1 is 1.19 bits per heavy atom. The molecule has 0 fully saturated rings. The summed E-state index contributed by atoms with van der Waals surface area (Å²) in [5.41, 5.74) is 0.459. The van der Waals surface area contributed by atoms with Crippen molar-refractivity contribution in [1.29, 1.82) is 0 Å². The van der Waals surface area contributed by atoms with E-state index in [4.69, 9.17) is 0 Å². The van der Waals surface area contributed by atoms with Gasteiger partial charge < -0.3 is 10.4 Å². The van der Waals surface area contributed by atoms with Crippen molar-refractivity contribution >= 4 is 17.7 Å². The predicted molar refractivity (Wildman–Crippen MR) is 93.8 cm³/mol. The van der Waals surface area contributed by atoms with Crippen molar-refractivity contribution in [1.82, 2.24) is 24.9 Å². The molecule has 1 atom stereocenters. The Labute approximate surface area is 149 Å². The van der Waals surface area contributed by atoms with Crippen LogP contribution < -0.4 is 5.32 Å². The zero-order valence-corrected chi connectivity index (χ0v) is 14.7. The molecule has 1 unspecified atom stereocenters. The number of carboxylic acid groups (broad SMARTS) is 1. The maximum Gasteiger partial charge on any atom is 0.334 e. The molecule has 26 heavy (non-hydrogen) atoms. The van der Waals surface area contributed by atoms with E-state index in [1.165, 1.54) is 4.52 Å². The summed E-state index contributed by atoms with van der Waals surface area (Å²) in [6, 6.07) is 10.4. The highest BCUT2D eigenvalue weighted by molar-refractivity contribution is 5.95. The van der Waals surface area contributed by atoms with Crippen LogP contribution in [0.3, 0.4) is 0 Å². The van der Waals surface area contributed by atoms with Gasteiger partial charge in [-0.3, -0.25) is 4.79 Å². The summed E-state index contributed by atoms with van der Waals surface area (Å²) in [7, 11) is 0. The van der Waals surface area contributed by atoms with Gasteiger partial charge in [-0.05, 0) is 31.9 Å². The number of carbonyl (C=O) groups excluding carboxylic acids is 1. The molecular weight excluding hydrogens is 334 g/mol. The van der Waals surface area contributed by atoms with E-state index in [1.807, 2.05) is 19.9 Å². The lowest BCUT2D eigenvalue weighted by atomic mass is 9.87. The number of aromatic nitrogens is 4. The van der Waals surface area contributed by atoms with E-state index in [0.717, 1.165) is 11.4 Å². The van der Waals surface area contributed by atoms with Crippen molar-refractivity contribution in [3.8, 4) is 0 Å². The normalized spacial score (nSPS) is 13.3. The lowest BCUT2D eigenvalue weighted by molar-refractivity contribution is -0.145. The Balaban J connectivity index is 2.01. The van der Waals surface area contributed by atoms with E-state index in [2.05, 4.69) is 20.4 Å². The quantitative estimate of drug-likeness (QED) is 0.724. The molecule has 0 saturated heterocycles. The van der Waals surface area contributed by atoms with E-state index in [1.54, 1.807) is 37.3 Å². The van der Waals surface area contributed by atoms with Crippen LogP contribution >= 0.6 is 0 Å². The van der Waals surface area contributed by atoms with Crippen LogP contribution in [-0.4, -0.2) is 36.6 Å². The Hall–Kier alpha value is -3.29. The molecule has 0 aliphatic rings. The number of rotatable bonds is 5. The highest BCUT2D eigenvalue weighted by atomic mass is 16.4. The second-order valence-electron chi connectivity index (χ2n) is 6.07. The molecule has 0 radical (unpaired) electrons. The summed E-state index contributed by atoms with van der Waals surface area (Å²) in [5.74, 6) is -1.64.